The van der Waals surface area contributed by atoms with Gasteiger partial charge < -0.3 is 10.1 Å². The molecule has 0 saturated carbocycles. The van der Waals surface area contributed by atoms with Gasteiger partial charge in [0.2, 0.25) is 0 Å². The van der Waals surface area contributed by atoms with Crippen molar-refractivity contribution in [3.63, 3.8) is 0 Å². The Morgan fingerprint density at radius 2 is 1.88 bits per heavy atom. The average Bonchev–Trinajstić information content (AvgIpc) is 2.30. The van der Waals surface area contributed by atoms with Crippen molar-refractivity contribution < 1.29 is 4.74 Å². The number of rotatable bonds is 3. The maximum absolute atomic E-state index is 5.09. The quantitative estimate of drug-likeness (QED) is 0.872. The summed E-state index contributed by atoms with van der Waals surface area (Å²) in [6.45, 7) is 0. The van der Waals surface area contributed by atoms with Gasteiger partial charge in [0, 0.05) is 5.69 Å². The van der Waals surface area contributed by atoms with Gasteiger partial charge in [-0.2, -0.15) is 0 Å². The van der Waals surface area contributed by atoms with E-state index in [1.807, 2.05) is 42.5 Å². The number of anilines is 2. The number of nitrogens with zero attached hydrogens (tertiary/aromatic N) is 1. The van der Waals surface area contributed by atoms with E-state index in [9.17, 15) is 0 Å². The normalized spacial score (nSPS) is 9.88. The van der Waals surface area contributed by atoms with Crippen LogP contribution in [0.15, 0.2) is 47.1 Å². The van der Waals surface area contributed by atoms with Gasteiger partial charge in [-0.15, -0.1) is 0 Å². The second kappa shape index (κ2) is 4.99. The minimum Gasteiger partial charge on any atom is -0.497 e. The Bertz CT molecular complexity index is 471. The van der Waals surface area contributed by atoms with E-state index < -0.39 is 0 Å². The molecule has 0 radical (unpaired) electrons. The predicted octanol–water partition coefficient (Wildman–Crippen LogP) is 3.60. The van der Waals surface area contributed by atoms with Crippen molar-refractivity contribution in [1.82, 2.24) is 4.98 Å². The lowest BCUT2D eigenvalue weighted by molar-refractivity contribution is 0.415. The molecule has 1 heterocycles. The Morgan fingerprint density at radius 1 is 1.12 bits per heavy atom. The molecular weight excluding hydrogens is 268 g/mol. The lowest BCUT2D eigenvalue weighted by atomic mass is 10.3. The third-order valence-corrected chi connectivity index (χ3v) is 2.52. The maximum Gasteiger partial charge on any atom is 0.131 e. The summed E-state index contributed by atoms with van der Waals surface area (Å²) < 4.78 is 5.90. The fourth-order valence-electron chi connectivity index (χ4n) is 1.30. The number of halogens is 1. The van der Waals surface area contributed by atoms with Crippen molar-refractivity contribution in [2.24, 2.45) is 0 Å². The number of pyridine rings is 1. The minimum absolute atomic E-state index is 0.805. The lowest BCUT2D eigenvalue weighted by Crippen LogP contribution is -1.93. The SMILES string of the molecule is COc1ccc(Nc2cccc(Br)n2)cc1. The molecule has 3 nitrogen and oxygen atoms in total. The summed E-state index contributed by atoms with van der Waals surface area (Å²) in [5.74, 6) is 1.65. The van der Waals surface area contributed by atoms with Gasteiger partial charge in [-0.05, 0) is 52.3 Å². The molecule has 0 atom stereocenters. The zero-order chi connectivity index (χ0) is 11.4. The van der Waals surface area contributed by atoms with Crippen molar-refractivity contribution in [3.05, 3.63) is 47.1 Å². The second-order valence-electron chi connectivity index (χ2n) is 3.20. The molecule has 0 amide bonds. The zero-order valence-electron chi connectivity index (χ0n) is 8.77. The van der Waals surface area contributed by atoms with Gasteiger partial charge in [-0.1, -0.05) is 6.07 Å². The van der Waals surface area contributed by atoms with Crippen LogP contribution < -0.4 is 10.1 Å². The molecule has 2 aromatic rings. The van der Waals surface area contributed by atoms with Gasteiger partial charge >= 0.3 is 0 Å². The Morgan fingerprint density at radius 3 is 2.50 bits per heavy atom. The fourth-order valence-corrected chi connectivity index (χ4v) is 1.64. The average molecular weight is 279 g/mol. The van der Waals surface area contributed by atoms with E-state index >= 15 is 0 Å². The molecule has 0 aliphatic carbocycles. The van der Waals surface area contributed by atoms with Crippen LogP contribution in [-0.4, -0.2) is 12.1 Å². The molecule has 0 aliphatic heterocycles. The van der Waals surface area contributed by atoms with Gasteiger partial charge in [0.25, 0.3) is 0 Å². The Hall–Kier alpha value is -1.55. The molecule has 1 aromatic heterocycles. The monoisotopic (exact) mass is 278 g/mol. The number of hydrogen-bond donors (Lipinski definition) is 1. The highest BCUT2D eigenvalue weighted by atomic mass is 79.9. The number of nitrogens with one attached hydrogen (secondary N) is 1. The van der Waals surface area contributed by atoms with E-state index in [2.05, 4.69) is 26.2 Å². The standard InChI is InChI=1S/C12H11BrN2O/c1-16-10-7-5-9(6-8-10)14-12-4-2-3-11(13)15-12/h2-8H,1H3,(H,14,15). The first-order valence-corrected chi connectivity index (χ1v) is 5.61. The summed E-state index contributed by atoms with van der Waals surface area (Å²) in [6.07, 6.45) is 0. The van der Waals surface area contributed by atoms with E-state index in [4.69, 9.17) is 4.74 Å². The summed E-state index contributed by atoms with van der Waals surface area (Å²) >= 11 is 3.33. The fraction of sp³-hybridized carbons (Fsp3) is 0.0833. The van der Waals surface area contributed by atoms with Crippen LogP contribution in [0.25, 0.3) is 0 Å². The number of ether oxygens (including phenoxy) is 1. The second-order valence-corrected chi connectivity index (χ2v) is 4.01. The summed E-state index contributed by atoms with van der Waals surface area (Å²) in [5, 5.41) is 3.20. The molecule has 0 bridgehead atoms. The van der Waals surface area contributed by atoms with Crippen LogP contribution in [0.3, 0.4) is 0 Å². The van der Waals surface area contributed by atoms with Gasteiger partial charge in [-0.25, -0.2) is 4.98 Å². The molecule has 82 valence electrons. The number of aromatic nitrogens is 1. The van der Waals surface area contributed by atoms with Crippen LogP contribution >= 0.6 is 15.9 Å². The van der Waals surface area contributed by atoms with Crippen molar-refractivity contribution in [3.8, 4) is 5.75 Å². The van der Waals surface area contributed by atoms with Crippen LogP contribution in [0.2, 0.25) is 0 Å². The minimum atomic E-state index is 0.805. The van der Waals surface area contributed by atoms with E-state index in [1.54, 1.807) is 7.11 Å². The molecule has 1 N–H and O–H groups in total. The summed E-state index contributed by atoms with van der Waals surface area (Å²) in [5.41, 5.74) is 0.978. The number of hydrogen-bond acceptors (Lipinski definition) is 3. The Balaban J connectivity index is 2.14. The highest BCUT2D eigenvalue weighted by Gasteiger charge is 1.97. The Kier molecular flexibility index (Phi) is 3.41. The first-order valence-electron chi connectivity index (χ1n) is 4.81. The van der Waals surface area contributed by atoms with E-state index in [0.717, 1.165) is 21.9 Å². The molecule has 4 heteroatoms. The van der Waals surface area contributed by atoms with E-state index in [-0.39, 0.29) is 0 Å². The van der Waals surface area contributed by atoms with Crippen molar-refractivity contribution in [1.29, 1.82) is 0 Å². The lowest BCUT2D eigenvalue weighted by Gasteiger charge is -2.06. The smallest absolute Gasteiger partial charge is 0.131 e. The van der Waals surface area contributed by atoms with Gasteiger partial charge in [0.1, 0.15) is 16.2 Å². The van der Waals surface area contributed by atoms with Crippen LogP contribution in [-0.2, 0) is 0 Å². The van der Waals surface area contributed by atoms with Crippen LogP contribution in [0, 0.1) is 0 Å². The summed E-state index contributed by atoms with van der Waals surface area (Å²) in [6, 6.07) is 13.4. The van der Waals surface area contributed by atoms with E-state index in [0.29, 0.717) is 0 Å². The maximum atomic E-state index is 5.09. The molecular formula is C12H11BrN2O. The highest BCUT2D eigenvalue weighted by Crippen LogP contribution is 2.19. The van der Waals surface area contributed by atoms with Gasteiger partial charge in [0.15, 0.2) is 0 Å². The topological polar surface area (TPSA) is 34.1 Å². The Labute approximate surface area is 103 Å². The zero-order valence-corrected chi connectivity index (χ0v) is 10.4. The largest absolute Gasteiger partial charge is 0.497 e. The van der Waals surface area contributed by atoms with Crippen molar-refractivity contribution >= 4 is 27.4 Å². The van der Waals surface area contributed by atoms with Crippen LogP contribution in [0.5, 0.6) is 5.75 Å². The third-order valence-electron chi connectivity index (χ3n) is 2.08. The molecule has 0 aliphatic rings. The van der Waals surface area contributed by atoms with Crippen molar-refractivity contribution in [2.45, 2.75) is 0 Å². The van der Waals surface area contributed by atoms with Gasteiger partial charge in [-0.3, -0.25) is 0 Å². The van der Waals surface area contributed by atoms with Crippen LogP contribution in [0.4, 0.5) is 11.5 Å². The third kappa shape index (κ3) is 2.73. The first kappa shape index (κ1) is 11.0. The highest BCUT2D eigenvalue weighted by molar-refractivity contribution is 9.10. The van der Waals surface area contributed by atoms with Crippen LogP contribution in [0.1, 0.15) is 0 Å². The first-order chi connectivity index (χ1) is 7.78. The molecule has 16 heavy (non-hydrogen) atoms. The molecule has 0 unspecified atom stereocenters. The molecule has 0 saturated heterocycles. The summed E-state index contributed by atoms with van der Waals surface area (Å²) in [4.78, 5) is 4.29. The predicted molar refractivity (Wildman–Crippen MR) is 68.2 cm³/mol. The molecule has 0 spiro atoms. The van der Waals surface area contributed by atoms with Crippen molar-refractivity contribution in [2.75, 3.05) is 12.4 Å². The molecule has 1 aromatic carbocycles. The molecule has 2 rings (SSSR count). The number of benzene rings is 1. The molecule has 0 fully saturated rings. The number of methoxy groups -OCH3 is 1. The van der Waals surface area contributed by atoms with Gasteiger partial charge in [0.05, 0.1) is 7.11 Å². The van der Waals surface area contributed by atoms with E-state index in [1.165, 1.54) is 0 Å². The summed E-state index contributed by atoms with van der Waals surface area (Å²) in [7, 11) is 1.65.